The number of pyridine rings is 2. The van der Waals surface area contributed by atoms with Gasteiger partial charge in [-0.25, -0.2) is 9.97 Å². The van der Waals surface area contributed by atoms with Crippen molar-refractivity contribution in [2.75, 3.05) is 18.6 Å². The van der Waals surface area contributed by atoms with Crippen LogP contribution in [0.15, 0.2) is 83.8 Å². The van der Waals surface area contributed by atoms with Crippen LogP contribution in [0.5, 0.6) is 5.88 Å². The molecule has 184 valence electrons. The van der Waals surface area contributed by atoms with Crippen LogP contribution in [-0.4, -0.2) is 26.6 Å². The molecule has 0 aliphatic heterocycles. The minimum Gasteiger partial charge on any atom is -0.481 e. The van der Waals surface area contributed by atoms with Gasteiger partial charge in [-0.05, 0) is 36.1 Å². The molecule has 37 heavy (non-hydrogen) atoms. The van der Waals surface area contributed by atoms with Crippen LogP contribution in [0.4, 0.5) is 11.8 Å². The fraction of sp³-hybridized carbons (Fsp3) is 0.107. The highest BCUT2D eigenvalue weighted by atomic mass is 16.5. The van der Waals surface area contributed by atoms with E-state index in [2.05, 4.69) is 27.9 Å². The van der Waals surface area contributed by atoms with E-state index in [-0.39, 0.29) is 22.9 Å². The van der Waals surface area contributed by atoms with Gasteiger partial charge in [0.15, 0.2) is 0 Å². The van der Waals surface area contributed by atoms with Gasteiger partial charge in [0.1, 0.15) is 17.5 Å². The number of ether oxygens (including phenoxy) is 1. The van der Waals surface area contributed by atoms with E-state index in [9.17, 15) is 4.79 Å². The Morgan fingerprint density at radius 3 is 2.43 bits per heavy atom. The van der Waals surface area contributed by atoms with E-state index in [0.717, 1.165) is 34.4 Å². The maximum Gasteiger partial charge on any atom is 0.263 e. The molecular formula is C28H25N7O2. The highest BCUT2D eigenvalue weighted by molar-refractivity contribution is 5.95. The van der Waals surface area contributed by atoms with E-state index in [4.69, 9.17) is 21.5 Å². The zero-order chi connectivity index (χ0) is 26.4. The average molecular weight is 492 g/mol. The lowest BCUT2D eigenvalue weighted by atomic mass is 10.0. The molecule has 0 unspecified atom stereocenters. The van der Waals surface area contributed by atoms with Crippen LogP contribution >= 0.6 is 0 Å². The van der Waals surface area contributed by atoms with Crippen molar-refractivity contribution in [3.63, 3.8) is 0 Å². The van der Waals surface area contributed by atoms with Crippen LogP contribution in [0, 0.1) is 11.3 Å². The minimum absolute atomic E-state index is 0.0317. The first-order valence-corrected chi connectivity index (χ1v) is 11.5. The molecule has 3 heterocycles. The molecule has 0 fully saturated rings. The summed E-state index contributed by atoms with van der Waals surface area (Å²) in [5, 5.41) is 9.95. The molecule has 0 spiro atoms. The highest BCUT2D eigenvalue weighted by Crippen LogP contribution is 2.27. The standard InChI is InChI=1S/C23H20N2O2.C5H5N5/c1-3-17-15-16-9-7-12-19(20-13-8-14-21(24-20)27-2)22(16)23(26)25(17)18-10-5-4-6-11-18;6-1-3-2-9-5(8)10-4(3)7/h4-15H,3H2,1-2H3;2H,(H4,7,8,9,10). The first kappa shape index (κ1) is 24.9. The number of fused-ring (bicyclic) bond motifs is 1. The third-order valence-electron chi connectivity index (χ3n) is 5.67. The molecular weight excluding hydrogens is 466 g/mol. The lowest BCUT2D eigenvalue weighted by Crippen LogP contribution is -2.22. The summed E-state index contributed by atoms with van der Waals surface area (Å²) in [5.74, 6) is 0.726. The number of nitrogens with zero attached hydrogens (tertiary/aromatic N) is 5. The predicted molar refractivity (Wildman–Crippen MR) is 144 cm³/mol. The molecule has 3 aromatic heterocycles. The Hall–Kier alpha value is -5.23. The number of para-hydroxylation sites is 1. The summed E-state index contributed by atoms with van der Waals surface area (Å²) in [4.78, 5) is 25.2. The summed E-state index contributed by atoms with van der Waals surface area (Å²) in [6.07, 6.45) is 2.05. The van der Waals surface area contributed by atoms with E-state index < -0.39 is 0 Å². The summed E-state index contributed by atoms with van der Waals surface area (Å²) in [6, 6.07) is 25.1. The largest absolute Gasteiger partial charge is 0.481 e. The Morgan fingerprint density at radius 2 is 1.76 bits per heavy atom. The number of aryl methyl sites for hydroxylation is 1. The van der Waals surface area contributed by atoms with Crippen LogP contribution in [0.2, 0.25) is 0 Å². The number of methoxy groups -OCH3 is 1. The quantitative estimate of drug-likeness (QED) is 0.381. The van der Waals surface area contributed by atoms with Crippen LogP contribution in [0.25, 0.3) is 27.7 Å². The molecule has 0 atom stereocenters. The minimum atomic E-state index is -0.0317. The van der Waals surface area contributed by atoms with Crippen molar-refractivity contribution in [3.05, 3.63) is 101 Å². The van der Waals surface area contributed by atoms with Crippen molar-refractivity contribution in [1.82, 2.24) is 19.5 Å². The van der Waals surface area contributed by atoms with Gasteiger partial charge in [-0.3, -0.25) is 9.36 Å². The topological polar surface area (TPSA) is 146 Å². The second-order valence-corrected chi connectivity index (χ2v) is 7.94. The van der Waals surface area contributed by atoms with Gasteiger partial charge in [0.05, 0.1) is 24.4 Å². The average Bonchev–Trinajstić information content (AvgIpc) is 2.93. The molecule has 0 saturated heterocycles. The molecule has 9 heteroatoms. The van der Waals surface area contributed by atoms with Crippen molar-refractivity contribution in [2.24, 2.45) is 0 Å². The second-order valence-electron chi connectivity index (χ2n) is 7.94. The number of rotatable bonds is 4. The first-order chi connectivity index (χ1) is 18.0. The van der Waals surface area contributed by atoms with Crippen LogP contribution in [0.3, 0.4) is 0 Å². The molecule has 0 aliphatic carbocycles. The van der Waals surface area contributed by atoms with Gasteiger partial charge in [0, 0.05) is 23.0 Å². The second kappa shape index (κ2) is 11.0. The molecule has 0 saturated carbocycles. The van der Waals surface area contributed by atoms with Crippen molar-refractivity contribution in [2.45, 2.75) is 13.3 Å². The molecule has 4 N–H and O–H groups in total. The highest BCUT2D eigenvalue weighted by Gasteiger charge is 2.15. The lowest BCUT2D eigenvalue weighted by molar-refractivity contribution is 0.398. The van der Waals surface area contributed by atoms with Gasteiger partial charge in [-0.1, -0.05) is 49.4 Å². The molecule has 2 aromatic carbocycles. The number of nitrogens with two attached hydrogens (primary N) is 2. The van der Waals surface area contributed by atoms with E-state index in [1.54, 1.807) is 17.7 Å². The molecule has 0 aliphatic rings. The van der Waals surface area contributed by atoms with E-state index in [0.29, 0.717) is 11.3 Å². The molecule has 5 aromatic rings. The van der Waals surface area contributed by atoms with Crippen LogP contribution in [0.1, 0.15) is 18.2 Å². The summed E-state index contributed by atoms with van der Waals surface area (Å²) in [5.41, 5.74) is 14.0. The van der Waals surface area contributed by atoms with Crippen molar-refractivity contribution >= 4 is 22.5 Å². The van der Waals surface area contributed by atoms with Gasteiger partial charge in [0.25, 0.3) is 5.56 Å². The molecule has 9 nitrogen and oxygen atoms in total. The number of hydrogen-bond donors (Lipinski definition) is 2. The predicted octanol–water partition coefficient (Wildman–Crippen LogP) is 4.14. The Balaban J connectivity index is 0.000000270. The monoisotopic (exact) mass is 491 g/mol. The van der Waals surface area contributed by atoms with Gasteiger partial charge in [-0.2, -0.15) is 10.2 Å². The van der Waals surface area contributed by atoms with Crippen LogP contribution < -0.4 is 21.8 Å². The lowest BCUT2D eigenvalue weighted by Gasteiger charge is -2.15. The van der Waals surface area contributed by atoms with E-state index in [1.165, 1.54) is 6.20 Å². The number of aromatic nitrogens is 4. The van der Waals surface area contributed by atoms with Gasteiger partial charge in [-0.15, -0.1) is 0 Å². The number of anilines is 2. The third-order valence-corrected chi connectivity index (χ3v) is 5.67. The van der Waals surface area contributed by atoms with E-state index >= 15 is 0 Å². The number of nitriles is 1. The van der Waals surface area contributed by atoms with Gasteiger partial charge >= 0.3 is 0 Å². The normalized spacial score (nSPS) is 10.3. The fourth-order valence-corrected chi connectivity index (χ4v) is 3.92. The number of nitrogen functional groups attached to an aromatic ring is 2. The zero-order valence-corrected chi connectivity index (χ0v) is 20.4. The molecule has 0 radical (unpaired) electrons. The SMILES string of the molecule is CCc1cc2cccc(-c3cccc(OC)n3)c2c(=O)n1-c1ccccc1.N#Cc1cnc(N)nc1N. The molecule has 0 bridgehead atoms. The number of hydrogen-bond acceptors (Lipinski definition) is 8. The Kier molecular flexibility index (Phi) is 7.40. The maximum atomic E-state index is 13.6. The smallest absolute Gasteiger partial charge is 0.263 e. The summed E-state index contributed by atoms with van der Waals surface area (Å²) >= 11 is 0. The van der Waals surface area contributed by atoms with Gasteiger partial charge < -0.3 is 16.2 Å². The van der Waals surface area contributed by atoms with Crippen molar-refractivity contribution in [1.29, 1.82) is 5.26 Å². The maximum absolute atomic E-state index is 13.6. The summed E-state index contributed by atoms with van der Waals surface area (Å²) in [6.45, 7) is 2.06. The molecule has 0 amide bonds. The van der Waals surface area contributed by atoms with E-state index in [1.807, 2.05) is 66.7 Å². The number of benzene rings is 2. The Bertz CT molecular complexity index is 1660. The Labute approximate surface area is 213 Å². The first-order valence-electron chi connectivity index (χ1n) is 11.5. The van der Waals surface area contributed by atoms with Crippen LogP contribution in [-0.2, 0) is 6.42 Å². The van der Waals surface area contributed by atoms with Crippen molar-refractivity contribution < 1.29 is 4.74 Å². The fourth-order valence-electron chi connectivity index (χ4n) is 3.92. The third kappa shape index (κ3) is 5.23. The Morgan fingerprint density at radius 1 is 1.00 bits per heavy atom. The molecule has 5 rings (SSSR count). The zero-order valence-electron chi connectivity index (χ0n) is 20.4. The van der Waals surface area contributed by atoms with Crippen molar-refractivity contribution in [3.8, 4) is 28.9 Å². The summed E-state index contributed by atoms with van der Waals surface area (Å²) < 4.78 is 7.05. The van der Waals surface area contributed by atoms with Gasteiger partial charge in [0.2, 0.25) is 11.8 Å². The summed E-state index contributed by atoms with van der Waals surface area (Å²) in [7, 11) is 1.59.